The van der Waals surface area contributed by atoms with E-state index < -0.39 is 0 Å². The Bertz CT molecular complexity index is 2820. The van der Waals surface area contributed by atoms with Crippen LogP contribution >= 0.6 is 0 Å². The molecule has 68 heavy (non-hydrogen) atoms. The molecule has 0 spiro atoms. The quantitative estimate of drug-likeness (QED) is 0.0457. The minimum Gasteiger partial charge on any atom is -0.618 e. The SMILES string of the molecule is COc1ccc(C2=CC=C3C(C2)Cn2cc(OCCCOc4cn5c(c4OC)C=[N+]([O-])C4=CC=C(c6ccccc6NC(=O)CCCCCN6C(=O)C=CC6=O)CC4C5)c(OC)c2C=[N+]3[O-])cc1. The van der Waals surface area contributed by atoms with Crippen LogP contribution in [-0.4, -0.2) is 94.8 Å². The van der Waals surface area contributed by atoms with E-state index in [1.54, 1.807) is 27.5 Å². The van der Waals surface area contributed by atoms with Crippen molar-refractivity contribution in [2.24, 2.45) is 11.8 Å². The summed E-state index contributed by atoms with van der Waals surface area (Å²) in [7, 11) is 4.77. The zero-order chi connectivity index (χ0) is 47.3. The zero-order valence-electron chi connectivity index (χ0n) is 38.4. The first kappa shape index (κ1) is 45.4. The molecule has 0 radical (unpaired) electrons. The van der Waals surface area contributed by atoms with Gasteiger partial charge in [0.25, 0.3) is 11.8 Å². The van der Waals surface area contributed by atoms with Gasteiger partial charge in [0.05, 0.1) is 58.8 Å². The molecular weight excluding hydrogens is 869 g/mol. The molecule has 352 valence electrons. The number of rotatable bonds is 18. The highest BCUT2D eigenvalue weighted by atomic mass is 16.5. The molecule has 2 aliphatic carbocycles. The number of carbonyl (C=O) groups is 3. The van der Waals surface area contributed by atoms with Gasteiger partial charge >= 0.3 is 0 Å². The van der Waals surface area contributed by atoms with E-state index in [9.17, 15) is 24.8 Å². The molecule has 4 aromatic rings. The lowest BCUT2D eigenvalue weighted by Gasteiger charge is -2.23. The highest BCUT2D eigenvalue weighted by molar-refractivity contribution is 6.12. The third-order valence-electron chi connectivity index (χ3n) is 13.0. The molecule has 16 nitrogen and oxygen atoms in total. The molecule has 2 aromatic heterocycles. The maximum Gasteiger partial charge on any atom is 0.253 e. The van der Waals surface area contributed by atoms with E-state index in [0.717, 1.165) is 37.5 Å². The van der Waals surface area contributed by atoms with Gasteiger partial charge in [-0.05, 0) is 60.6 Å². The van der Waals surface area contributed by atoms with Crippen molar-refractivity contribution in [2.75, 3.05) is 46.4 Å². The summed E-state index contributed by atoms with van der Waals surface area (Å²) in [5, 5.41) is 30.2. The minimum atomic E-state index is -0.297. The zero-order valence-corrected chi connectivity index (χ0v) is 38.4. The number of benzene rings is 2. The van der Waals surface area contributed by atoms with Crippen molar-refractivity contribution >= 4 is 47.0 Å². The number of aromatic nitrogens is 2. The predicted octanol–water partition coefficient (Wildman–Crippen LogP) is 7.45. The number of nitrogens with zero attached hydrogens (tertiary/aromatic N) is 5. The number of ether oxygens (including phenoxy) is 5. The van der Waals surface area contributed by atoms with E-state index in [2.05, 4.69) is 5.32 Å². The lowest BCUT2D eigenvalue weighted by Crippen LogP contribution is -2.30. The van der Waals surface area contributed by atoms with Gasteiger partial charge in [-0.1, -0.05) is 48.9 Å². The van der Waals surface area contributed by atoms with Crippen LogP contribution in [0.5, 0.6) is 28.7 Å². The second kappa shape index (κ2) is 20.0. The van der Waals surface area contributed by atoms with E-state index in [1.165, 1.54) is 23.3 Å². The number of amides is 3. The molecular formula is C52H54N6O10. The summed E-state index contributed by atoms with van der Waals surface area (Å²) in [5.41, 5.74) is 7.34. The van der Waals surface area contributed by atoms with E-state index in [4.69, 9.17) is 23.7 Å². The molecule has 2 aromatic carbocycles. The number of nitrogens with one attached hydrogen (secondary N) is 1. The number of anilines is 1. The van der Waals surface area contributed by atoms with Gasteiger partial charge < -0.3 is 48.5 Å². The van der Waals surface area contributed by atoms with Crippen molar-refractivity contribution in [3.8, 4) is 28.7 Å². The number of hydroxylamine groups is 2. The fourth-order valence-corrected chi connectivity index (χ4v) is 9.54. The molecule has 9 rings (SSSR count). The Morgan fingerprint density at radius 2 is 1.26 bits per heavy atom. The van der Waals surface area contributed by atoms with Gasteiger partial charge in [0.15, 0.2) is 45.8 Å². The number of methoxy groups -OCH3 is 3. The molecule has 5 heterocycles. The number of hydrogen-bond acceptors (Lipinski definition) is 10. The minimum absolute atomic E-state index is 0.0540. The van der Waals surface area contributed by atoms with Crippen molar-refractivity contribution < 1.29 is 47.5 Å². The molecule has 1 N–H and O–H groups in total. The van der Waals surface area contributed by atoms with Crippen molar-refractivity contribution in [2.45, 2.75) is 58.0 Å². The lowest BCUT2D eigenvalue weighted by molar-refractivity contribution is -0.404. The Hall–Kier alpha value is -7.75. The average Bonchev–Trinajstić information content (AvgIpc) is 3.90. The Balaban J connectivity index is 0.794. The van der Waals surface area contributed by atoms with Crippen LogP contribution in [0.25, 0.3) is 11.1 Å². The van der Waals surface area contributed by atoms with Gasteiger partial charge in [-0.25, -0.2) is 0 Å². The summed E-state index contributed by atoms with van der Waals surface area (Å²) in [6.45, 7) is 2.01. The van der Waals surface area contributed by atoms with Crippen LogP contribution in [0.4, 0.5) is 5.69 Å². The Morgan fingerprint density at radius 3 is 1.85 bits per heavy atom. The topological polar surface area (TPSA) is 175 Å². The van der Waals surface area contributed by atoms with Crippen LogP contribution in [0.2, 0.25) is 0 Å². The highest BCUT2D eigenvalue weighted by Gasteiger charge is 2.35. The summed E-state index contributed by atoms with van der Waals surface area (Å²) in [5.74, 6) is 1.83. The second-order valence-electron chi connectivity index (χ2n) is 17.3. The Labute approximate surface area is 394 Å². The largest absolute Gasteiger partial charge is 0.618 e. The maximum absolute atomic E-state index is 13.7. The number of imide groups is 1. The molecule has 0 saturated carbocycles. The number of fused-ring (bicyclic) bond motifs is 4. The fourth-order valence-electron chi connectivity index (χ4n) is 9.54. The van der Waals surface area contributed by atoms with Crippen LogP contribution in [0, 0.1) is 22.3 Å². The fraction of sp³-hybridized carbons (Fsp3) is 0.327. The normalized spacial score (nSPS) is 18.2. The first-order valence-electron chi connectivity index (χ1n) is 22.9. The van der Waals surface area contributed by atoms with E-state index >= 15 is 0 Å². The summed E-state index contributed by atoms with van der Waals surface area (Å²) < 4.78 is 35.3. The molecule has 0 fully saturated rings. The maximum atomic E-state index is 13.7. The van der Waals surface area contributed by atoms with Gasteiger partial charge in [-0.2, -0.15) is 9.48 Å². The van der Waals surface area contributed by atoms with Gasteiger partial charge in [0, 0.05) is 68.0 Å². The molecule has 5 aliphatic rings. The summed E-state index contributed by atoms with van der Waals surface area (Å²) in [4.78, 5) is 37.9. The number of carbonyl (C=O) groups excluding carboxylic acids is 3. The van der Waals surface area contributed by atoms with Gasteiger partial charge in [-0.15, -0.1) is 0 Å². The van der Waals surface area contributed by atoms with Crippen LogP contribution < -0.4 is 29.0 Å². The number of para-hydroxylation sites is 1. The van der Waals surface area contributed by atoms with Crippen LogP contribution in [0.15, 0.2) is 109 Å². The van der Waals surface area contributed by atoms with Crippen molar-refractivity contribution in [1.82, 2.24) is 14.0 Å². The van der Waals surface area contributed by atoms with Gasteiger partial charge in [-0.3, -0.25) is 19.3 Å². The van der Waals surface area contributed by atoms with Crippen LogP contribution in [0.1, 0.15) is 67.5 Å². The number of allylic oxidation sites excluding steroid dienone is 8. The predicted molar refractivity (Wildman–Crippen MR) is 256 cm³/mol. The van der Waals surface area contributed by atoms with Crippen molar-refractivity contribution in [1.29, 1.82) is 0 Å². The second-order valence-corrected chi connectivity index (χ2v) is 17.3. The molecule has 3 aliphatic heterocycles. The molecule has 2 unspecified atom stereocenters. The molecule has 0 saturated heterocycles. The monoisotopic (exact) mass is 922 g/mol. The van der Waals surface area contributed by atoms with E-state index in [0.29, 0.717) is 129 Å². The highest BCUT2D eigenvalue weighted by Crippen LogP contribution is 2.42. The summed E-state index contributed by atoms with van der Waals surface area (Å²) in [6, 6.07) is 15.6. The van der Waals surface area contributed by atoms with Gasteiger partial charge in [0.1, 0.15) is 5.75 Å². The molecule has 0 bridgehead atoms. The number of hydrogen-bond donors (Lipinski definition) is 1. The Morgan fingerprint density at radius 1 is 0.691 bits per heavy atom. The van der Waals surface area contributed by atoms with Gasteiger partial charge in [0.2, 0.25) is 18.3 Å². The molecule has 2 atom stereocenters. The molecule has 3 amide bonds. The summed E-state index contributed by atoms with van der Waals surface area (Å²) in [6.07, 6.45) is 21.1. The summed E-state index contributed by atoms with van der Waals surface area (Å²) >= 11 is 0. The van der Waals surface area contributed by atoms with E-state index in [1.807, 2.05) is 94.4 Å². The smallest absolute Gasteiger partial charge is 0.253 e. The van der Waals surface area contributed by atoms with E-state index in [-0.39, 0.29) is 29.6 Å². The third-order valence-corrected chi connectivity index (χ3v) is 13.0. The first-order valence-corrected chi connectivity index (χ1v) is 22.9. The van der Waals surface area contributed by atoms with Crippen LogP contribution in [0.3, 0.4) is 0 Å². The number of unbranched alkanes of at least 4 members (excludes halogenated alkanes) is 2. The average molecular weight is 923 g/mol. The van der Waals surface area contributed by atoms with Crippen molar-refractivity contribution in [3.05, 3.63) is 142 Å². The van der Waals surface area contributed by atoms with Crippen LogP contribution in [-0.2, 0) is 27.5 Å². The van der Waals surface area contributed by atoms with Crippen molar-refractivity contribution in [3.63, 3.8) is 0 Å². The lowest BCUT2D eigenvalue weighted by atomic mass is 9.87. The Kier molecular flexibility index (Phi) is 13.4. The molecule has 16 heteroatoms. The standard InChI is InChI=1S/C52H54N6O10/c1-64-39-17-13-34(14-18-39)35-15-19-42-37(26-35)28-54-32-46(51(65-2)44(54)30-57(42)62)67-24-9-25-68-47-33-55-29-38-27-36(16-20-43(38)58(63)31-45(55)52(47)66-3)40-10-6-7-11-41(40)53-48(59)12-5-4-8-23-56-49(60)21-22-50(56)61/h6-7,10-11,13-22,30-33,37-38H,4-5,8-9,12,23-29H2,1-3H3,(H,53,59). The first-order chi connectivity index (χ1) is 33.1. The third kappa shape index (κ3) is 9.44.